The maximum Gasteiger partial charge on any atom is 0.219 e. The number of primary amides is 1. The zero-order chi connectivity index (χ0) is 29.2. The first-order chi connectivity index (χ1) is 20.3. The van der Waals surface area contributed by atoms with Crippen LogP contribution >= 0.6 is 0 Å². The summed E-state index contributed by atoms with van der Waals surface area (Å²) in [7, 11) is 0. The summed E-state index contributed by atoms with van der Waals surface area (Å²) in [4.78, 5) is 18.2. The van der Waals surface area contributed by atoms with Crippen LogP contribution < -0.4 is 16.4 Å². The van der Waals surface area contributed by atoms with Gasteiger partial charge in [-0.1, -0.05) is 23.8 Å². The number of aryl methyl sites for hydroxylation is 2. The molecule has 0 spiro atoms. The van der Waals surface area contributed by atoms with Crippen LogP contribution in [-0.2, 0) is 21.0 Å². The maximum atomic E-state index is 11.1. The Morgan fingerprint density at radius 3 is 2.62 bits per heavy atom. The van der Waals surface area contributed by atoms with Crippen molar-refractivity contribution in [3.05, 3.63) is 66.0 Å². The smallest absolute Gasteiger partial charge is 0.219 e. The zero-order valence-electron chi connectivity index (χ0n) is 23.7. The van der Waals surface area contributed by atoms with Gasteiger partial charge in [-0.15, -0.1) is 0 Å². The predicted molar refractivity (Wildman–Crippen MR) is 157 cm³/mol. The van der Waals surface area contributed by atoms with E-state index in [9.17, 15) is 4.79 Å². The molecule has 5 heterocycles. The number of carbonyl (C=O) groups is 1. The number of hydrogen-bond acceptors (Lipinski definition) is 9. The number of aromatic nitrogens is 7. The Labute approximate surface area is 242 Å². The van der Waals surface area contributed by atoms with Gasteiger partial charge in [-0.05, 0) is 32.0 Å². The third-order valence-corrected chi connectivity index (χ3v) is 7.12. The number of hydrogen-bond donors (Lipinski definition) is 2. The van der Waals surface area contributed by atoms with Gasteiger partial charge < -0.3 is 25.8 Å². The van der Waals surface area contributed by atoms with E-state index in [4.69, 9.17) is 41.2 Å². The molecule has 1 fully saturated rings. The second-order valence-electron chi connectivity index (χ2n) is 10.5. The number of fused-ring (bicyclic) bond motifs is 1. The lowest BCUT2D eigenvalue weighted by molar-refractivity contribution is -0.118. The van der Waals surface area contributed by atoms with Crippen LogP contribution in [0.4, 0.5) is 5.82 Å². The molecule has 0 aliphatic carbocycles. The number of morpholine rings is 1. The van der Waals surface area contributed by atoms with Gasteiger partial charge in [0.25, 0.3) is 0 Å². The molecule has 218 valence electrons. The summed E-state index contributed by atoms with van der Waals surface area (Å²) in [6, 6.07) is 15.7. The third-order valence-electron chi connectivity index (χ3n) is 7.12. The van der Waals surface area contributed by atoms with Crippen LogP contribution in [0.15, 0.2) is 54.7 Å². The highest BCUT2D eigenvalue weighted by molar-refractivity contribution is 5.74. The molecule has 6 rings (SSSR count). The standard InChI is InChI=1S/C29H34N10O3/c1-19-4-3-5-21(12-19)23-6-7-37(33-23)27-16-29(36-8-10-41-11-9-36)39-28(32-27)15-25(35-39)24-13-20(2)38(34-24)18-42-17-22(30)14-26(31)40/h3-7,12-13,15-16,22H,8-11,14,17-18,30H2,1-2H3,(H2,31,40). The van der Waals surface area contributed by atoms with Crippen LogP contribution in [0.5, 0.6) is 0 Å². The van der Waals surface area contributed by atoms with Gasteiger partial charge in [0, 0.05) is 55.1 Å². The number of amides is 1. The van der Waals surface area contributed by atoms with Crippen molar-refractivity contribution < 1.29 is 14.3 Å². The molecule has 42 heavy (non-hydrogen) atoms. The number of benzene rings is 1. The summed E-state index contributed by atoms with van der Waals surface area (Å²) in [5, 5.41) is 14.4. The molecule has 1 saturated heterocycles. The van der Waals surface area contributed by atoms with Crippen LogP contribution in [0.3, 0.4) is 0 Å². The fourth-order valence-corrected chi connectivity index (χ4v) is 4.99. The second kappa shape index (κ2) is 11.7. The van der Waals surface area contributed by atoms with Gasteiger partial charge in [-0.3, -0.25) is 4.79 Å². The molecule has 13 heteroatoms. The molecule has 5 aromatic rings. The normalized spacial score (nSPS) is 14.5. The fraction of sp³-hybridized carbons (Fsp3) is 0.345. The van der Waals surface area contributed by atoms with E-state index in [-0.39, 0.29) is 19.8 Å². The molecule has 1 aromatic carbocycles. The lowest BCUT2D eigenvalue weighted by atomic mass is 10.1. The molecule has 1 amide bonds. The summed E-state index contributed by atoms with van der Waals surface area (Å²) in [5.41, 5.74) is 17.2. The highest BCUT2D eigenvalue weighted by Gasteiger charge is 2.20. The molecule has 13 nitrogen and oxygen atoms in total. The Morgan fingerprint density at radius 2 is 1.83 bits per heavy atom. The van der Waals surface area contributed by atoms with Crippen molar-refractivity contribution in [3.8, 4) is 28.5 Å². The quantitative estimate of drug-likeness (QED) is 0.257. The van der Waals surface area contributed by atoms with Gasteiger partial charge >= 0.3 is 0 Å². The largest absolute Gasteiger partial charge is 0.378 e. The van der Waals surface area contributed by atoms with E-state index in [1.807, 2.05) is 48.0 Å². The molecule has 0 bridgehead atoms. The Kier molecular flexibility index (Phi) is 7.69. The molecule has 4 aromatic heterocycles. The van der Waals surface area contributed by atoms with Gasteiger partial charge in [0.15, 0.2) is 11.5 Å². The van der Waals surface area contributed by atoms with Crippen molar-refractivity contribution in [1.29, 1.82) is 0 Å². The summed E-state index contributed by atoms with van der Waals surface area (Å²) in [6.45, 7) is 7.16. The van der Waals surface area contributed by atoms with Crippen molar-refractivity contribution >= 4 is 17.4 Å². The van der Waals surface area contributed by atoms with Crippen LogP contribution in [0.25, 0.3) is 34.1 Å². The van der Waals surface area contributed by atoms with Gasteiger partial charge in [0.1, 0.15) is 23.9 Å². The Hall–Kier alpha value is -4.59. The zero-order valence-corrected chi connectivity index (χ0v) is 23.7. The number of rotatable bonds is 10. The average molecular weight is 571 g/mol. The first kappa shape index (κ1) is 27.6. The van der Waals surface area contributed by atoms with Crippen molar-refractivity contribution in [1.82, 2.24) is 34.2 Å². The summed E-state index contributed by atoms with van der Waals surface area (Å²) >= 11 is 0. The summed E-state index contributed by atoms with van der Waals surface area (Å²) in [5.74, 6) is 1.14. The van der Waals surface area contributed by atoms with Crippen molar-refractivity contribution in [2.24, 2.45) is 11.5 Å². The van der Waals surface area contributed by atoms with E-state index in [0.29, 0.717) is 36.1 Å². The van der Waals surface area contributed by atoms with Gasteiger partial charge in [0.05, 0.1) is 25.5 Å². The van der Waals surface area contributed by atoms with Crippen LogP contribution in [-0.4, -0.2) is 79.0 Å². The first-order valence-electron chi connectivity index (χ1n) is 13.9. The van der Waals surface area contributed by atoms with E-state index in [2.05, 4.69) is 30.0 Å². The molecule has 1 atom stereocenters. The molecule has 0 radical (unpaired) electrons. The topological polar surface area (TPSA) is 157 Å². The van der Waals surface area contributed by atoms with E-state index in [1.165, 1.54) is 5.56 Å². The summed E-state index contributed by atoms with van der Waals surface area (Å²) < 4.78 is 16.7. The lowest BCUT2D eigenvalue weighted by Crippen LogP contribution is -2.37. The summed E-state index contributed by atoms with van der Waals surface area (Å²) in [6.07, 6.45) is 1.99. The highest BCUT2D eigenvalue weighted by Crippen LogP contribution is 2.26. The van der Waals surface area contributed by atoms with Crippen LogP contribution in [0, 0.1) is 13.8 Å². The molecule has 1 aliphatic rings. The number of carbonyl (C=O) groups excluding carboxylic acids is 1. The second-order valence-corrected chi connectivity index (χ2v) is 10.5. The Balaban J connectivity index is 1.31. The highest BCUT2D eigenvalue weighted by atomic mass is 16.5. The van der Waals surface area contributed by atoms with Crippen molar-refractivity contribution in [2.45, 2.75) is 33.0 Å². The maximum absolute atomic E-state index is 11.1. The minimum Gasteiger partial charge on any atom is -0.378 e. The minimum atomic E-state index is -0.460. The third kappa shape index (κ3) is 5.88. The average Bonchev–Trinajstić information content (AvgIpc) is 3.71. The molecular weight excluding hydrogens is 536 g/mol. The Morgan fingerprint density at radius 1 is 1.02 bits per heavy atom. The lowest BCUT2D eigenvalue weighted by Gasteiger charge is -2.29. The van der Waals surface area contributed by atoms with E-state index in [1.54, 1.807) is 9.36 Å². The van der Waals surface area contributed by atoms with E-state index >= 15 is 0 Å². The van der Waals surface area contributed by atoms with Crippen molar-refractivity contribution in [3.63, 3.8) is 0 Å². The Bertz CT molecular complexity index is 1720. The fourth-order valence-electron chi connectivity index (χ4n) is 4.99. The van der Waals surface area contributed by atoms with Gasteiger partial charge in [-0.2, -0.15) is 19.8 Å². The van der Waals surface area contributed by atoms with Crippen LogP contribution in [0.2, 0.25) is 0 Å². The van der Waals surface area contributed by atoms with Crippen molar-refractivity contribution in [2.75, 3.05) is 37.8 Å². The monoisotopic (exact) mass is 570 g/mol. The number of nitrogens with zero attached hydrogens (tertiary/aromatic N) is 8. The number of anilines is 1. The van der Waals surface area contributed by atoms with Gasteiger partial charge in [0.2, 0.25) is 5.91 Å². The molecular formula is C29H34N10O3. The van der Waals surface area contributed by atoms with Gasteiger partial charge in [-0.25, -0.2) is 14.3 Å². The molecule has 1 aliphatic heterocycles. The number of nitrogens with two attached hydrogens (primary N) is 2. The molecule has 1 unspecified atom stereocenters. The predicted octanol–water partition coefficient (Wildman–Crippen LogP) is 2.08. The van der Waals surface area contributed by atoms with Crippen LogP contribution in [0.1, 0.15) is 17.7 Å². The van der Waals surface area contributed by atoms with E-state index < -0.39 is 11.9 Å². The first-order valence-corrected chi connectivity index (χ1v) is 13.9. The molecule has 0 saturated carbocycles. The number of ether oxygens (including phenoxy) is 2. The molecule has 4 N–H and O–H groups in total. The van der Waals surface area contributed by atoms with E-state index in [0.717, 1.165) is 35.9 Å². The SMILES string of the molecule is Cc1cccc(-c2ccn(-c3cc(N4CCOCC4)n4nc(-c5cc(C)n(COCC(N)CC(N)=O)n5)cc4n3)n2)c1. The minimum absolute atomic E-state index is 0.0663.